The first kappa shape index (κ1) is 87.1. The molecule has 1 fully saturated rings. The number of carbonyl (C=O) groups excluding carboxylic acids is 9. The van der Waals surface area contributed by atoms with E-state index in [0.717, 1.165) is 32.2 Å². The van der Waals surface area contributed by atoms with E-state index in [1.807, 2.05) is 6.92 Å². The van der Waals surface area contributed by atoms with Crippen LogP contribution in [0.3, 0.4) is 0 Å². The number of aromatic hydroxyl groups is 1. The smallest absolute Gasteiger partial charge is 0.410 e. The van der Waals surface area contributed by atoms with Gasteiger partial charge in [0.15, 0.2) is 5.40 Å². The number of rotatable bonds is 27. The number of aliphatic hydroxyl groups excluding tert-OH is 1. The minimum absolute atomic E-state index is 0.00518. The van der Waals surface area contributed by atoms with Crippen LogP contribution < -0.4 is 31.3 Å². The lowest BCUT2D eigenvalue weighted by molar-refractivity contribution is -0.165. The number of hydrogen-bond donors (Lipinski definition) is 11. The quantitative estimate of drug-likeness (QED) is 0.0132. The number of phenolic OH excluding ortho intramolecular Hbond substituents is 1. The maximum absolute atomic E-state index is 15.1. The highest BCUT2D eigenvalue weighted by atomic mass is 31.2. The molecular weight excluding hydrogens is 1440 g/mol. The highest BCUT2D eigenvalue weighted by Crippen LogP contribution is 2.68. The van der Waals surface area contributed by atoms with Crippen molar-refractivity contribution in [3.05, 3.63) is 99.6 Å². The third-order valence-corrected chi connectivity index (χ3v) is 24.8. The Bertz CT molecular complexity index is 3930. The largest absolute Gasteiger partial charge is 0.507 e. The number of likely N-dealkylation sites (tertiary alicyclic amines) is 1. The van der Waals surface area contributed by atoms with Crippen molar-refractivity contribution in [1.82, 2.24) is 26.2 Å². The fourth-order valence-corrected chi connectivity index (χ4v) is 18.4. The van der Waals surface area contributed by atoms with Crippen molar-refractivity contribution >= 4 is 79.9 Å². The summed E-state index contributed by atoms with van der Waals surface area (Å²) in [5, 5.41) is 35.6. The van der Waals surface area contributed by atoms with Gasteiger partial charge in [-0.15, -0.1) is 0 Å². The van der Waals surface area contributed by atoms with E-state index < -0.39 is 170 Å². The van der Waals surface area contributed by atoms with Gasteiger partial charge < -0.3 is 94.4 Å². The Kier molecular flexibility index (Phi) is 29.9. The summed E-state index contributed by atoms with van der Waals surface area (Å²) < 4.78 is 65.9. The van der Waals surface area contributed by atoms with Crippen molar-refractivity contribution in [1.29, 1.82) is 0 Å². The Morgan fingerprint density at radius 3 is 2.08 bits per heavy atom. The summed E-state index contributed by atoms with van der Waals surface area (Å²) in [6, 6.07) is 3.97. The molecule has 11 atom stereocenters. The number of fused-ring (bicyclic) bond motifs is 13. The molecule has 0 aromatic heterocycles. The van der Waals surface area contributed by atoms with Crippen LogP contribution in [0.2, 0.25) is 0 Å². The highest BCUT2D eigenvalue weighted by molar-refractivity contribution is 7.71. The molecular formula is C75H107N7O24P2. The number of methoxy groups -OCH3 is 1. The third kappa shape index (κ3) is 21.5. The number of unbranched alkanes of at least 4 members (excludes halogenated alkanes) is 5. The zero-order valence-corrected chi connectivity index (χ0v) is 65.7. The molecule has 31 nitrogen and oxygen atoms in total. The molecule has 11 N–H and O–H groups in total. The Morgan fingerprint density at radius 2 is 1.47 bits per heavy atom. The van der Waals surface area contributed by atoms with Crippen molar-refractivity contribution in [3.8, 4) is 11.5 Å². The van der Waals surface area contributed by atoms with E-state index in [9.17, 15) is 72.5 Å². The molecule has 596 valence electrons. The monoisotopic (exact) mass is 1550 g/mol. The molecule has 1 saturated heterocycles. The Morgan fingerprint density at radius 1 is 0.833 bits per heavy atom. The third-order valence-electron chi connectivity index (χ3n) is 20.5. The first-order valence-corrected chi connectivity index (χ1v) is 40.0. The summed E-state index contributed by atoms with van der Waals surface area (Å²) in [7, 11) is -9.40. The number of ketones is 2. The zero-order valence-electron chi connectivity index (χ0n) is 63.9. The first-order valence-electron chi connectivity index (χ1n) is 36.6. The van der Waals surface area contributed by atoms with E-state index in [1.54, 1.807) is 33.8 Å². The number of ether oxygens (including phenoxy) is 7. The molecule has 5 heterocycles. The maximum Gasteiger partial charge on any atom is 0.410 e. The number of benzene rings is 2. The number of anilines is 1. The minimum atomic E-state index is -5.38. The van der Waals surface area contributed by atoms with Crippen molar-refractivity contribution in [3.63, 3.8) is 0 Å². The average molecular weight is 1550 g/mol. The van der Waals surface area contributed by atoms with E-state index in [2.05, 4.69) is 45.3 Å². The van der Waals surface area contributed by atoms with Crippen molar-refractivity contribution in [2.45, 2.75) is 214 Å². The van der Waals surface area contributed by atoms with Crippen LogP contribution in [-0.2, 0) is 72.7 Å². The second kappa shape index (κ2) is 37.1. The molecule has 8 rings (SSSR count). The Labute approximate surface area is 629 Å². The number of phenols is 1. The van der Waals surface area contributed by atoms with Crippen LogP contribution in [-0.4, -0.2) is 181 Å². The maximum atomic E-state index is 15.1. The van der Waals surface area contributed by atoms with Gasteiger partial charge in [-0.1, -0.05) is 131 Å². The van der Waals surface area contributed by atoms with E-state index in [-0.39, 0.29) is 75.6 Å². The summed E-state index contributed by atoms with van der Waals surface area (Å²) in [5.41, 5.74) is -2.34. The molecule has 0 saturated carbocycles. The first-order chi connectivity index (χ1) is 50.6. The minimum Gasteiger partial charge on any atom is -0.507 e. The van der Waals surface area contributed by atoms with Gasteiger partial charge in [-0.2, -0.15) is 0 Å². The lowest BCUT2D eigenvalue weighted by atomic mass is 9.78. The standard InChI is InChI=1S/C75H107N7O24P2/c1-15-17-18-19-20-21-30-73(12,71(107(94,95)96)108(97,98)99)37-49-25-27-50(28-26-49)77-53(84)36-51(78-72(93)102-40-101-54(85)16-2)70(92)76-38-55(86)105-65-42(5)23-22-24-43(6)69(91)79-61-60-59(80-75(81-60)31-33-82(34-32-75)39-41(3)4)56-57(64(61)89)63(88)47(10)67-58(56)68(90)74(13,106-67)103-35-29-52(100-14)44(7)66(104-48(11)83)46(9)62(87)45(65)8/h22-29,35,41-42,44-46,51-52,62,65-66,71,81,87-88H,15-21,30-34,36-40H2,1-14H3,(H,76,92)(H,77,84)(H,78,93)(H,79,91)(H2,94,95,96)(H2,97,98,99)/b23-22+,35-29+,43-24-/t42-,44+,45-,46+,51+,52-,62+,65-,66+,73?,74-/m0/s1. The van der Waals surface area contributed by atoms with Gasteiger partial charge in [0.2, 0.25) is 24.4 Å². The fourth-order valence-electron chi connectivity index (χ4n) is 14.8. The van der Waals surface area contributed by atoms with Crippen molar-refractivity contribution in [2.75, 3.05) is 45.4 Å². The van der Waals surface area contributed by atoms with Gasteiger partial charge in [0.05, 0.1) is 47.4 Å². The number of esters is 3. The number of alkyl carbamates (subject to hydrolysis) is 1. The van der Waals surface area contributed by atoms with Crippen molar-refractivity contribution in [2.24, 2.45) is 40.0 Å². The van der Waals surface area contributed by atoms with Gasteiger partial charge in [0.25, 0.3) is 11.7 Å². The van der Waals surface area contributed by atoms with E-state index in [4.69, 9.17) is 38.2 Å². The fraction of sp³-hybridized carbons (Fsp3) is 0.600. The van der Waals surface area contributed by atoms with Crippen LogP contribution in [0.1, 0.15) is 191 Å². The van der Waals surface area contributed by atoms with Gasteiger partial charge in [-0.3, -0.25) is 52.5 Å². The van der Waals surface area contributed by atoms with Crippen LogP contribution in [0, 0.1) is 41.9 Å². The number of allylic oxidation sites excluding steroid dienone is 4. The second-order valence-corrected chi connectivity index (χ2v) is 33.5. The topological polar surface area (TPSA) is 450 Å². The van der Waals surface area contributed by atoms with Crippen LogP contribution in [0.25, 0.3) is 0 Å². The number of aliphatic imine (C=N–C) groups is 1. The van der Waals surface area contributed by atoms with E-state index in [0.29, 0.717) is 50.3 Å². The molecule has 1 aliphatic carbocycles. The predicted octanol–water partition coefficient (Wildman–Crippen LogP) is 8.30. The van der Waals surface area contributed by atoms with Crippen molar-refractivity contribution < 1.29 is 115 Å². The number of piperidine rings is 1. The van der Waals surface area contributed by atoms with E-state index >= 15 is 9.59 Å². The van der Waals surface area contributed by atoms with Gasteiger partial charge >= 0.3 is 45.0 Å². The van der Waals surface area contributed by atoms with Gasteiger partial charge in [0, 0.05) is 106 Å². The summed E-state index contributed by atoms with van der Waals surface area (Å²) in [5.74, 6) is -13.0. The number of carbonyl (C=O) groups is 9. The normalized spacial score (nSPS) is 25.2. The molecule has 6 aliphatic rings. The molecule has 0 radical (unpaired) electrons. The molecule has 2 aromatic rings. The molecule has 1 spiro atoms. The molecule has 5 bridgehead atoms. The van der Waals surface area contributed by atoms with Crippen LogP contribution in [0.15, 0.2) is 76.8 Å². The number of nitrogens with one attached hydrogen (secondary N) is 5. The number of amides is 4. The summed E-state index contributed by atoms with van der Waals surface area (Å²) in [6.45, 7) is 21.4. The summed E-state index contributed by atoms with van der Waals surface area (Å²) in [4.78, 5) is 174. The average Bonchev–Trinajstić information content (AvgIpc) is 1.53. The van der Waals surface area contributed by atoms with Crippen LogP contribution >= 0.6 is 15.2 Å². The molecule has 2 aromatic carbocycles. The lowest BCUT2D eigenvalue weighted by Crippen LogP contribution is -2.50. The predicted molar refractivity (Wildman–Crippen MR) is 396 cm³/mol. The van der Waals surface area contributed by atoms with Crippen LogP contribution in [0.5, 0.6) is 11.5 Å². The van der Waals surface area contributed by atoms with Gasteiger partial charge in [-0.05, 0) is 61.8 Å². The van der Waals surface area contributed by atoms with Crippen LogP contribution in [0.4, 0.5) is 10.5 Å². The highest BCUT2D eigenvalue weighted by Gasteiger charge is 2.57. The number of aliphatic hydroxyl groups is 1. The Hall–Kier alpha value is -8.12. The summed E-state index contributed by atoms with van der Waals surface area (Å²) >= 11 is 0. The number of Topliss-reactive ketones (excluding diaryl/α,β-unsaturated/α-hetero) is 2. The number of nitrogens with zero attached hydrogens (tertiary/aromatic N) is 2. The second-order valence-electron chi connectivity index (χ2n) is 29.7. The SMILES string of the molecule is CCCCCCCCC(C)(Cc1ccc(NC(=O)C[C@@H](NC(=O)OCOC(=O)CC)C(=O)NCC(=O)O[C@@H]2[C@@H](C)[C@@H](O)[C@@H](C)[C@H](OC(C)=O)[C@H](C)[C@@H](OC)/C=C/O[C@@]3(C)Oc4c(C)c(O)c5c(c4C3=O)C3=NC4(CCN(CC(C)C)CC4)NC3=C(NC(=O)/C(C)=C\C=C\[C@@H]2C)C5=O)cc1)C(P(=O)(O)O)P(=O)(O)O. The molecule has 1 unspecified atom stereocenters. The molecule has 33 heteroatoms. The Balaban J connectivity index is 1.18. The molecule has 5 aliphatic heterocycles. The zero-order chi connectivity index (χ0) is 80.1. The molecule has 4 amide bonds. The van der Waals surface area contributed by atoms with E-state index in [1.165, 1.54) is 97.4 Å². The van der Waals surface area contributed by atoms with Gasteiger partial charge in [-0.25, -0.2) is 4.79 Å². The van der Waals surface area contributed by atoms with Gasteiger partial charge in [0.1, 0.15) is 47.7 Å². The number of hydrogen-bond acceptors (Lipinski definition) is 23. The lowest BCUT2D eigenvalue weighted by Gasteiger charge is -2.39. The molecule has 108 heavy (non-hydrogen) atoms. The summed E-state index contributed by atoms with van der Waals surface area (Å²) in [6.07, 6.45) is 5.52.